The Balaban J connectivity index is 2.26. The van der Waals surface area contributed by atoms with Gasteiger partial charge in [0.1, 0.15) is 11.6 Å². The van der Waals surface area contributed by atoms with Crippen molar-refractivity contribution in [2.24, 2.45) is 0 Å². The molecule has 1 aromatic heterocycles. The summed E-state index contributed by atoms with van der Waals surface area (Å²) in [6, 6.07) is 4.16. The Morgan fingerprint density at radius 2 is 2.12 bits per heavy atom. The summed E-state index contributed by atoms with van der Waals surface area (Å²) in [5.74, 6) is -3.48. The largest absolute Gasteiger partial charge is 0.493 e. The number of amides is 1. The fourth-order valence-corrected chi connectivity index (χ4v) is 2.73. The quantitative estimate of drug-likeness (QED) is 0.805. The van der Waals surface area contributed by atoms with Crippen LogP contribution in [0.2, 0.25) is 5.02 Å². The zero-order valence-electron chi connectivity index (χ0n) is 13.3. The molecule has 0 aliphatic rings. The summed E-state index contributed by atoms with van der Waals surface area (Å²) < 4.78 is 42.2. The molecule has 0 saturated heterocycles. The molecule has 134 valence electrons. The molecule has 0 radical (unpaired) electrons. The van der Waals surface area contributed by atoms with E-state index in [-0.39, 0.29) is 22.6 Å². The molecule has 1 atom stereocenters. The number of hydrogen-bond donors (Lipinski definition) is 2. The van der Waals surface area contributed by atoms with Gasteiger partial charge in [0.15, 0.2) is 0 Å². The Kier molecular flexibility index (Phi) is 5.89. The van der Waals surface area contributed by atoms with Crippen LogP contribution in [0.3, 0.4) is 0 Å². The molecule has 0 saturated carbocycles. The highest BCUT2D eigenvalue weighted by atomic mass is 35.5. The normalized spacial score (nSPS) is 13.3. The minimum atomic E-state index is -2.55. The highest BCUT2D eigenvalue weighted by molar-refractivity contribution is 6.31. The molecule has 1 aromatic carbocycles. The number of nitrogens with zero attached hydrogens (tertiary/aromatic N) is 1. The summed E-state index contributed by atoms with van der Waals surface area (Å²) >= 11 is 5.76. The van der Waals surface area contributed by atoms with Crippen molar-refractivity contribution in [2.45, 2.75) is 32.0 Å². The summed E-state index contributed by atoms with van der Waals surface area (Å²) in [5, 5.41) is 11.8. The average molecular weight is 373 g/mol. The first-order valence-corrected chi connectivity index (χ1v) is 7.92. The van der Waals surface area contributed by atoms with Crippen LogP contribution in [0, 0.1) is 11.6 Å². The SMILES string of the molecule is CCC[C@@](F)(C(=O)NCc1c(F)cc(F)cc1Cl)c1cccnc1O. The number of nitrogens with one attached hydrogen (secondary N) is 1. The summed E-state index contributed by atoms with van der Waals surface area (Å²) in [7, 11) is 0. The predicted molar refractivity (Wildman–Crippen MR) is 86.8 cm³/mol. The van der Waals surface area contributed by atoms with Gasteiger partial charge in [-0.1, -0.05) is 24.9 Å². The van der Waals surface area contributed by atoms with Crippen LogP contribution in [0.25, 0.3) is 0 Å². The van der Waals surface area contributed by atoms with Gasteiger partial charge in [-0.2, -0.15) is 0 Å². The van der Waals surface area contributed by atoms with Crippen molar-refractivity contribution in [2.75, 3.05) is 0 Å². The minimum Gasteiger partial charge on any atom is -0.493 e. The number of hydrogen-bond acceptors (Lipinski definition) is 3. The summed E-state index contributed by atoms with van der Waals surface area (Å²) in [4.78, 5) is 16.0. The third kappa shape index (κ3) is 4.04. The van der Waals surface area contributed by atoms with Gasteiger partial charge in [0.25, 0.3) is 5.91 Å². The second-order valence-corrected chi connectivity index (χ2v) is 5.86. The van der Waals surface area contributed by atoms with Gasteiger partial charge in [0.2, 0.25) is 11.5 Å². The monoisotopic (exact) mass is 372 g/mol. The summed E-state index contributed by atoms with van der Waals surface area (Å²) in [6.45, 7) is 1.24. The maximum absolute atomic E-state index is 15.3. The number of halogens is 4. The fourth-order valence-electron chi connectivity index (χ4n) is 2.47. The number of rotatable bonds is 6. The van der Waals surface area contributed by atoms with E-state index >= 15 is 4.39 Å². The second kappa shape index (κ2) is 7.74. The number of pyridine rings is 1. The standard InChI is InChI=1S/C17H16ClF3N2O2/c1-2-5-17(21,12-4-3-6-22-15(12)24)16(25)23-9-11-13(18)7-10(19)8-14(11)20/h3-4,6-8H,2,5,9H2,1H3,(H,22,24)(H,23,25)/t17-/m0/s1. The minimum absolute atomic E-state index is 0.161. The van der Waals surface area contributed by atoms with Crippen LogP contribution in [-0.4, -0.2) is 16.0 Å². The maximum Gasteiger partial charge on any atom is 0.262 e. The van der Waals surface area contributed by atoms with Gasteiger partial charge in [0, 0.05) is 24.4 Å². The molecule has 0 aliphatic carbocycles. The highest BCUT2D eigenvalue weighted by Crippen LogP contribution is 2.36. The first-order valence-electron chi connectivity index (χ1n) is 7.54. The number of benzene rings is 1. The fraction of sp³-hybridized carbons (Fsp3) is 0.294. The van der Waals surface area contributed by atoms with Gasteiger partial charge >= 0.3 is 0 Å². The van der Waals surface area contributed by atoms with Crippen molar-refractivity contribution in [1.29, 1.82) is 0 Å². The molecule has 0 bridgehead atoms. The number of carbonyl (C=O) groups is 1. The second-order valence-electron chi connectivity index (χ2n) is 5.46. The van der Waals surface area contributed by atoms with E-state index in [9.17, 15) is 18.7 Å². The van der Waals surface area contributed by atoms with Crippen LogP contribution in [0.1, 0.15) is 30.9 Å². The molecule has 0 aliphatic heterocycles. The van der Waals surface area contributed by atoms with E-state index in [4.69, 9.17) is 11.6 Å². The predicted octanol–water partition coefficient (Wildman–Crippen LogP) is 4.00. The molecule has 8 heteroatoms. The van der Waals surface area contributed by atoms with Gasteiger partial charge in [-0.15, -0.1) is 0 Å². The number of aromatic nitrogens is 1. The molecule has 2 N–H and O–H groups in total. The van der Waals surface area contributed by atoms with E-state index in [1.54, 1.807) is 6.92 Å². The molecule has 0 fully saturated rings. The lowest BCUT2D eigenvalue weighted by molar-refractivity contribution is -0.134. The van der Waals surface area contributed by atoms with Crippen LogP contribution >= 0.6 is 11.6 Å². The van der Waals surface area contributed by atoms with Gasteiger partial charge in [-0.05, 0) is 24.6 Å². The van der Waals surface area contributed by atoms with Crippen molar-refractivity contribution in [1.82, 2.24) is 10.3 Å². The van der Waals surface area contributed by atoms with Crippen molar-refractivity contribution in [3.8, 4) is 5.88 Å². The van der Waals surface area contributed by atoms with Crippen LogP contribution in [0.5, 0.6) is 5.88 Å². The Hall–Kier alpha value is -2.28. The lowest BCUT2D eigenvalue weighted by Gasteiger charge is -2.24. The van der Waals surface area contributed by atoms with Gasteiger partial charge in [-0.25, -0.2) is 18.2 Å². The van der Waals surface area contributed by atoms with Crippen LogP contribution < -0.4 is 5.32 Å². The topological polar surface area (TPSA) is 62.2 Å². The number of carbonyl (C=O) groups excluding carboxylic acids is 1. The third-order valence-corrected chi connectivity index (χ3v) is 4.04. The van der Waals surface area contributed by atoms with Crippen molar-refractivity contribution in [3.05, 3.63) is 58.2 Å². The van der Waals surface area contributed by atoms with Crippen LogP contribution in [-0.2, 0) is 17.0 Å². The molecule has 4 nitrogen and oxygen atoms in total. The van der Waals surface area contributed by atoms with E-state index < -0.39 is 35.6 Å². The molecular formula is C17H16ClF3N2O2. The number of aromatic hydroxyl groups is 1. The molecule has 2 rings (SSSR count). The van der Waals surface area contributed by atoms with E-state index in [0.717, 1.165) is 6.07 Å². The molecule has 2 aromatic rings. The molecule has 1 amide bonds. The molecule has 0 unspecified atom stereocenters. The molecular weight excluding hydrogens is 357 g/mol. The first kappa shape index (κ1) is 19.1. The zero-order chi connectivity index (χ0) is 18.6. The van der Waals surface area contributed by atoms with Crippen LogP contribution in [0.15, 0.2) is 30.5 Å². The Morgan fingerprint density at radius 1 is 1.40 bits per heavy atom. The lowest BCUT2D eigenvalue weighted by Crippen LogP contribution is -2.41. The van der Waals surface area contributed by atoms with Gasteiger partial charge < -0.3 is 10.4 Å². The summed E-state index contributed by atoms with van der Waals surface area (Å²) in [5.41, 5.74) is -2.98. The molecule has 25 heavy (non-hydrogen) atoms. The summed E-state index contributed by atoms with van der Waals surface area (Å²) in [6.07, 6.45) is 1.36. The Bertz CT molecular complexity index is 765. The molecule has 0 spiro atoms. The van der Waals surface area contributed by atoms with E-state index in [2.05, 4.69) is 10.3 Å². The van der Waals surface area contributed by atoms with Crippen molar-refractivity contribution >= 4 is 17.5 Å². The smallest absolute Gasteiger partial charge is 0.262 e. The third-order valence-electron chi connectivity index (χ3n) is 3.70. The highest BCUT2D eigenvalue weighted by Gasteiger charge is 2.42. The first-order chi connectivity index (χ1) is 11.8. The maximum atomic E-state index is 15.3. The lowest BCUT2D eigenvalue weighted by atomic mass is 9.90. The van der Waals surface area contributed by atoms with Crippen molar-refractivity contribution in [3.63, 3.8) is 0 Å². The Morgan fingerprint density at radius 3 is 2.72 bits per heavy atom. The van der Waals surface area contributed by atoms with E-state index in [1.165, 1.54) is 18.3 Å². The van der Waals surface area contributed by atoms with E-state index in [0.29, 0.717) is 12.5 Å². The van der Waals surface area contributed by atoms with Gasteiger partial charge in [-0.3, -0.25) is 4.79 Å². The Labute approximate surface area is 147 Å². The number of alkyl halides is 1. The molecule has 1 heterocycles. The van der Waals surface area contributed by atoms with Crippen LogP contribution in [0.4, 0.5) is 13.2 Å². The van der Waals surface area contributed by atoms with Crippen molar-refractivity contribution < 1.29 is 23.1 Å². The van der Waals surface area contributed by atoms with Gasteiger partial charge in [0.05, 0.1) is 10.6 Å². The average Bonchev–Trinajstić information content (AvgIpc) is 2.54. The zero-order valence-corrected chi connectivity index (χ0v) is 14.1. The van der Waals surface area contributed by atoms with E-state index in [1.807, 2.05) is 0 Å².